The Hall–Kier alpha value is -4.12. The third-order valence-corrected chi connectivity index (χ3v) is 5.77. The summed E-state index contributed by atoms with van der Waals surface area (Å²) >= 11 is 0. The standard InChI is InChI=1S/C24H27N7O4/c1-4-16-6-5-7-19(12-16)35-15-18(32)14-31-20-21(29(2)24(34)30(3)22(20)33)27-23(31)28-26-13-17-8-10-25-11-9-17/h5-13,18,20,32H,4,14-15H2,1-3H3/p+1/b26-13+. The van der Waals surface area contributed by atoms with E-state index in [0.29, 0.717) is 5.75 Å². The molecular formula is C24H28N7O4+. The molecule has 11 nitrogen and oxygen atoms in total. The van der Waals surface area contributed by atoms with Crippen LogP contribution in [0.5, 0.6) is 5.75 Å². The van der Waals surface area contributed by atoms with Crippen LogP contribution in [0.4, 0.5) is 4.79 Å². The molecule has 0 saturated carbocycles. The van der Waals surface area contributed by atoms with Gasteiger partial charge < -0.3 is 9.84 Å². The number of nitrogens with one attached hydrogen (secondary N) is 1. The van der Waals surface area contributed by atoms with Gasteiger partial charge in [-0.2, -0.15) is 5.43 Å². The fraction of sp³-hybridized carbons (Fsp3) is 0.333. The number of aryl methyl sites for hydroxylation is 1. The fourth-order valence-electron chi connectivity index (χ4n) is 3.82. The number of aliphatic hydroxyl groups excluding tert-OH is 1. The topological polar surface area (TPSA) is 123 Å². The van der Waals surface area contributed by atoms with Crippen LogP contribution < -0.4 is 10.2 Å². The molecule has 2 aliphatic rings. The van der Waals surface area contributed by atoms with Crippen molar-refractivity contribution >= 4 is 29.9 Å². The molecule has 0 aliphatic carbocycles. The summed E-state index contributed by atoms with van der Waals surface area (Å²) in [4.78, 5) is 36.2. The zero-order valence-corrected chi connectivity index (χ0v) is 19.8. The zero-order valence-electron chi connectivity index (χ0n) is 19.8. The lowest BCUT2D eigenvalue weighted by molar-refractivity contribution is -0.545. The van der Waals surface area contributed by atoms with E-state index in [1.165, 1.54) is 11.9 Å². The van der Waals surface area contributed by atoms with Crippen molar-refractivity contribution in [3.05, 3.63) is 59.9 Å². The molecule has 2 unspecified atom stereocenters. The highest BCUT2D eigenvalue weighted by atomic mass is 16.5. The molecule has 3 amide bonds. The molecular weight excluding hydrogens is 450 g/mol. The van der Waals surface area contributed by atoms with Crippen molar-refractivity contribution in [3.63, 3.8) is 0 Å². The van der Waals surface area contributed by atoms with Gasteiger partial charge in [0, 0.05) is 26.5 Å². The second kappa shape index (κ2) is 10.4. The van der Waals surface area contributed by atoms with E-state index in [4.69, 9.17) is 4.74 Å². The van der Waals surface area contributed by atoms with E-state index < -0.39 is 24.1 Å². The van der Waals surface area contributed by atoms with Crippen molar-refractivity contribution in [2.45, 2.75) is 25.5 Å². The molecule has 1 aromatic carbocycles. The number of aliphatic imine (C=N–C) groups is 1. The summed E-state index contributed by atoms with van der Waals surface area (Å²) in [5.41, 5.74) is 4.79. The van der Waals surface area contributed by atoms with Gasteiger partial charge in [-0.1, -0.05) is 24.0 Å². The molecule has 0 bridgehead atoms. The second-order valence-corrected chi connectivity index (χ2v) is 8.20. The number of aromatic nitrogens is 1. The van der Waals surface area contributed by atoms with Crippen LogP contribution in [0, 0.1) is 0 Å². The molecule has 4 rings (SSSR count). The summed E-state index contributed by atoms with van der Waals surface area (Å²) in [6.45, 7) is 2.10. The maximum absolute atomic E-state index is 13.0. The van der Waals surface area contributed by atoms with Crippen LogP contribution in [0.25, 0.3) is 0 Å². The molecule has 0 radical (unpaired) electrons. The Kier molecular flexibility index (Phi) is 7.16. The van der Waals surface area contributed by atoms with Gasteiger partial charge in [-0.05, 0) is 41.8 Å². The van der Waals surface area contributed by atoms with E-state index in [-0.39, 0.29) is 24.9 Å². The van der Waals surface area contributed by atoms with E-state index >= 15 is 0 Å². The number of carbonyl (C=O) groups excluding carboxylic acids is 2. The summed E-state index contributed by atoms with van der Waals surface area (Å²) < 4.78 is 7.37. The SMILES string of the molecule is CCc1cccc(OCC(O)C[N+]2=C(N/N=C/c3ccncc3)N=C3C2C(=O)N(C)C(=O)N3C)c1. The van der Waals surface area contributed by atoms with Crippen LogP contribution in [-0.4, -0.2) is 93.8 Å². The number of amides is 3. The van der Waals surface area contributed by atoms with Crippen LogP contribution >= 0.6 is 0 Å². The van der Waals surface area contributed by atoms with Crippen molar-refractivity contribution < 1.29 is 24.0 Å². The summed E-state index contributed by atoms with van der Waals surface area (Å²) in [5.74, 6) is 0.726. The Morgan fingerprint density at radius 1 is 1.23 bits per heavy atom. The number of fused-ring (bicyclic) bond motifs is 1. The van der Waals surface area contributed by atoms with Crippen molar-refractivity contribution in [1.29, 1.82) is 0 Å². The van der Waals surface area contributed by atoms with Gasteiger partial charge in [0.25, 0.3) is 5.91 Å². The molecule has 3 heterocycles. The number of carbonyl (C=O) groups is 2. The number of guanidine groups is 1. The molecule has 2 N–H and O–H groups in total. The first-order valence-electron chi connectivity index (χ1n) is 11.3. The predicted molar refractivity (Wildman–Crippen MR) is 130 cm³/mol. The Labute approximate surface area is 203 Å². The number of hydrazone groups is 1. The Balaban J connectivity index is 1.54. The maximum atomic E-state index is 13.0. The second-order valence-electron chi connectivity index (χ2n) is 8.20. The quantitative estimate of drug-likeness (QED) is 0.327. The molecule has 1 fully saturated rings. The van der Waals surface area contributed by atoms with E-state index in [2.05, 4.69) is 27.4 Å². The number of hydrogen-bond donors (Lipinski definition) is 2. The lowest BCUT2D eigenvalue weighted by Crippen LogP contribution is -2.62. The highest BCUT2D eigenvalue weighted by molar-refractivity contribution is 6.22. The number of hydrogen-bond acceptors (Lipinski definition) is 8. The Morgan fingerprint density at radius 3 is 2.74 bits per heavy atom. The predicted octanol–water partition coefficient (Wildman–Crippen LogP) is 0.680. The van der Waals surface area contributed by atoms with Crippen LogP contribution in [0.3, 0.4) is 0 Å². The fourth-order valence-corrected chi connectivity index (χ4v) is 3.82. The van der Waals surface area contributed by atoms with Gasteiger partial charge >= 0.3 is 12.0 Å². The Morgan fingerprint density at radius 2 is 2.00 bits per heavy atom. The van der Waals surface area contributed by atoms with Gasteiger partial charge in [0.2, 0.25) is 11.9 Å². The van der Waals surface area contributed by atoms with Gasteiger partial charge in [-0.3, -0.25) is 19.6 Å². The highest BCUT2D eigenvalue weighted by Crippen LogP contribution is 2.19. The summed E-state index contributed by atoms with van der Waals surface area (Å²) in [5, 5.41) is 15.0. The number of aliphatic hydroxyl groups is 1. The smallest absolute Gasteiger partial charge is 0.414 e. The average molecular weight is 479 g/mol. The van der Waals surface area contributed by atoms with Crippen molar-refractivity contribution in [1.82, 2.24) is 20.2 Å². The first-order valence-corrected chi connectivity index (χ1v) is 11.3. The molecule has 2 aliphatic heterocycles. The number of β-amino-alcohol motifs (C(OH)–C–C–N with tert-alkyl or cyclic N) is 1. The Bertz CT molecular complexity index is 1200. The summed E-state index contributed by atoms with van der Waals surface area (Å²) in [6, 6.07) is 9.88. The molecule has 182 valence electrons. The minimum absolute atomic E-state index is 0.0120. The zero-order chi connectivity index (χ0) is 24.9. The number of amidine groups is 1. The first-order chi connectivity index (χ1) is 16.9. The van der Waals surface area contributed by atoms with Gasteiger partial charge in [0.1, 0.15) is 18.5 Å². The van der Waals surface area contributed by atoms with Gasteiger partial charge in [0.05, 0.1) is 12.8 Å². The normalized spacial score (nSPS) is 18.7. The van der Waals surface area contributed by atoms with E-state index in [1.54, 1.807) is 42.4 Å². The van der Waals surface area contributed by atoms with Crippen LogP contribution in [-0.2, 0) is 11.2 Å². The third-order valence-electron chi connectivity index (χ3n) is 5.77. The van der Waals surface area contributed by atoms with Crippen molar-refractivity contribution in [2.75, 3.05) is 27.2 Å². The minimum Gasteiger partial charge on any atom is -0.491 e. The average Bonchev–Trinajstić information content (AvgIpc) is 3.23. The van der Waals surface area contributed by atoms with Crippen LogP contribution in [0.2, 0.25) is 0 Å². The van der Waals surface area contributed by atoms with Crippen molar-refractivity contribution in [3.8, 4) is 5.75 Å². The number of urea groups is 1. The molecule has 2 atom stereocenters. The summed E-state index contributed by atoms with van der Waals surface area (Å²) in [6.07, 6.45) is 4.80. The number of likely N-dealkylation sites (N-methyl/N-ethyl adjacent to an activating group) is 2. The van der Waals surface area contributed by atoms with E-state index in [9.17, 15) is 14.7 Å². The molecule has 35 heavy (non-hydrogen) atoms. The molecule has 0 spiro atoms. The van der Waals surface area contributed by atoms with Gasteiger partial charge in [0.15, 0.2) is 0 Å². The van der Waals surface area contributed by atoms with Gasteiger partial charge in [-0.15, -0.1) is 5.10 Å². The van der Waals surface area contributed by atoms with Crippen LogP contribution in [0.15, 0.2) is 58.9 Å². The molecule has 1 aromatic heterocycles. The van der Waals surface area contributed by atoms with Crippen molar-refractivity contribution in [2.24, 2.45) is 10.1 Å². The van der Waals surface area contributed by atoms with E-state index in [0.717, 1.165) is 22.4 Å². The third kappa shape index (κ3) is 5.19. The monoisotopic (exact) mass is 478 g/mol. The number of imide groups is 1. The minimum atomic E-state index is -0.947. The summed E-state index contributed by atoms with van der Waals surface area (Å²) in [7, 11) is 2.97. The lowest BCUT2D eigenvalue weighted by Gasteiger charge is -2.32. The maximum Gasteiger partial charge on any atom is 0.414 e. The lowest BCUT2D eigenvalue weighted by atomic mass is 10.1. The molecule has 11 heteroatoms. The number of benzene rings is 1. The van der Waals surface area contributed by atoms with Gasteiger partial charge in [-0.25, -0.2) is 9.37 Å². The van der Waals surface area contributed by atoms with Crippen LogP contribution in [0.1, 0.15) is 18.1 Å². The number of pyridine rings is 1. The number of nitrogens with zero attached hydrogens (tertiary/aromatic N) is 6. The molecule has 2 aromatic rings. The molecule has 1 saturated heterocycles. The highest BCUT2D eigenvalue weighted by Gasteiger charge is 2.51. The largest absolute Gasteiger partial charge is 0.491 e. The van der Waals surface area contributed by atoms with E-state index in [1.807, 2.05) is 24.3 Å². The number of ether oxygens (including phenoxy) is 1. The first kappa shape index (κ1) is 24.0. The number of rotatable bonds is 8.